The van der Waals surface area contributed by atoms with E-state index in [1.165, 1.54) is 0 Å². The molecule has 3 rings (SSSR count). The third kappa shape index (κ3) is 2.12. The van der Waals surface area contributed by atoms with Crippen molar-refractivity contribution in [2.75, 3.05) is 0 Å². The molecular formula is C15H12N2O2. The molecule has 19 heavy (non-hydrogen) atoms. The molecule has 1 N–H and O–H groups in total. The second-order valence-corrected chi connectivity index (χ2v) is 4.43. The summed E-state index contributed by atoms with van der Waals surface area (Å²) in [5.74, 6) is -0.602. The van der Waals surface area contributed by atoms with Crippen LogP contribution in [0.25, 0.3) is 5.57 Å². The van der Waals surface area contributed by atoms with Crippen LogP contribution >= 0.6 is 0 Å². The number of ketones is 1. The Morgan fingerprint density at radius 1 is 1.16 bits per heavy atom. The van der Waals surface area contributed by atoms with E-state index in [1.807, 2.05) is 30.3 Å². The molecule has 0 saturated heterocycles. The maximum atomic E-state index is 12.1. The lowest BCUT2D eigenvalue weighted by molar-refractivity contribution is -0.133. The lowest BCUT2D eigenvalue weighted by atomic mass is 10.0. The molecule has 4 heteroatoms. The number of hydrogen-bond acceptors (Lipinski definition) is 3. The molecule has 0 unspecified atom stereocenters. The molecule has 0 aromatic heterocycles. The zero-order valence-corrected chi connectivity index (χ0v) is 10.2. The van der Waals surface area contributed by atoms with Crippen molar-refractivity contribution in [2.24, 2.45) is 4.99 Å². The molecule has 0 saturated carbocycles. The fourth-order valence-corrected chi connectivity index (χ4v) is 2.25. The molecule has 0 atom stereocenters. The first-order valence-corrected chi connectivity index (χ1v) is 6.11. The molecule has 1 aliphatic carbocycles. The van der Waals surface area contributed by atoms with Gasteiger partial charge >= 0.3 is 0 Å². The van der Waals surface area contributed by atoms with Crippen LogP contribution in [0.4, 0.5) is 0 Å². The third-order valence-electron chi connectivity index (χ3n) is 3.19. The highest BCUT2D eigenvalue weighted by Gasteiger charge is 2.25. The number of nitrogens with one attached hydrogen (secondary N) is 1. The maximum absolute atomic E-state index is 12.1. The summed E-state index contributed by atoms with van der Waals surface area (Å²) in [6, 6.07) is 7.64. The number of nitrogens with zero attached hydrogens (tertiary/aromatic N) is 1. The Hall–Kier alpha value is -2.49. The molecule has 1 aliphatic heterocycles. The highest BCUT2D eigenvalue weighted by atomic mass is 16.2. The first-order chi connectivity index (χ1) is 9.25. The van der Waals surface area contributed by atoms with Crippen molar-refractivity contribution >= 4 is 23.1 Å². The van der Waals surface area contributed by atoms with E-state index in [0.717, 1.165) is 11.1 Å². The van der Waals surface area contributed by atoms with Gasteiger partial charge in [0.1, 0.15) is 5.84 Å². The normalized spacial score (nSPS) is 15.8. The molecule has 2 aliphatic rings. The van der Waals surface area contributed by atoms with Crippen molar-refractivity contribution in [3.8, 4) is 0 Å². The van der Waals surface area contributed by atoms with Crippen molar-refractivity contribution in [3.63, 3.8) is 0 Å². The van der Waals surface area contributed by atoms with E-state index in [4.69, 9.17) is 0 Å². The van der Waals surface area contributed by atoms with Crippen LogP contribution in [0.15, 0.2) is 47.6 Å². The summed E-state index contributed by atoms with van der Waals surface area (Å²) in [7, 11) is 0. The average molecular weight is 252 g/mol. The smallest absolute Gasteiger partial charge is 0.297 e. The number of amidine groups is 1. The van der Waals surface area contributed by atoms with Gasteiger partial charge in [-0.1, -0.05) is 36.4 Å². The van der Waals surface area contributed by atoms with Crippen LogP contribution in [0.1, 0.15) is 17.5 Å². The number of Topliss-reactive ketones (excluding diaryl/α,β-unsaturated/α-hetero) is 1. The average Bonchev–Trinajstić information content (AvgIpc) is 3.06. The van der Waals surface area contributed by atoms with Gasteiger partial charge in [-0.15, -0.1) is 0 Å². The quantitative estimate of drug-likeness (QED) is 0.813. The van der Waals surface area contributed by atoms with Gasteiger partial charge in [0, 0.05) is 18.2 Å². The Labute approximate surface area is 110 Å². The number of benzene rings is 1. The lowest BCUT2D eigenvalue weighted by Gasteiger charge is -2.06. The molecule has 4 nitrogen and oxygen atoms in total. The van der Waals surface area contributed by atoms with E-state index >= 15 is 0 Å². The Morgan fingerprint density at radius 2 is 2.00 bits per heavy atom. The van der Waals surface area contributed by atoms with Crippen LogP contribution in [0.5, 0.6) is 0 Å². The largest absolute Gasteiger partial charge is 0.307 e. The summed E-state index contributed by atoms with van der Waals surface area (Å²) >= 11 is 0. The Morgan fingerprint density at radius 3 is 2.79 bits per heavy atom. The predicted octanol–water partition coefficient (Wildman–Crippen LogP) is 1.63. The van der Waals surface area contributed by atoms with Gasteiger partial charge in [-0.2, -0.15) is 0 Å². The highest BCUT2D eigenvalue weighted by Crippen LogP contribution is 2.27. The van der Waals surface area contributed by atoms with E-state index in [1.54, 1.807) is 12.3 Å². The van der Waals surface area contributed by atoms with Gasteiger partial charge < -0.3 is 5.32 Å². The van der Waals surface area contributed by atoms with E-state index in [2.05, 4.69) is 10.3 Å². The fourth-order valence-electron chi connectivity index (χ4n) is 2.25. The molecule has 1 heterocycles. The maximum Gasteiger partial charge on any atom is 0.297 e. The minimum Gasteiger partial charge on any atom is -0.307 e. The Bertz CT molecular complexity index is 654. The predicted molar refractivity (Wildman–Crippen MR) is 72.5 cm³/mol. The summed E-state index contributed by atoms with van der Waals surface area (Å²) in [4.78, 5) is 28.0. The number of allylic oxidation sites excluding steroid dienone is 1. The highest BCUT2D eigenvalue weighted by molar-refractivity contribution is 6.55. The minimum absolute atomic E-state index is 0.486. The Kier molecular flexibility index (Phi) is 2.83. The van der Waals surface area contributed by atoms with Crippen molar-refractivity contribution in [1.29, 1.82) is 0 Å². The SMILES string of the molecule is O=C(NC1=NC=CC1)C(=O)C1=CCc2ccccc21. The zero-order chi connectivity index (χ0) is 13.2. The van der Waals surface area contributed by atoms with E-state index in [9.17, 15) is 9.59 Å². The number of carbonyl (C=O) groups excluding carboxylic acids is 2. The third-order valence-corrected chi connectivity index (χ3v) is 3.19. The van der Waals surface area contributed by atoms with Crippen LogP contribution in [0, 0.1) is 0 Å². The van der Waals surface area contributed by atoms with Crippen LogP contribution in [0.3, 0.4) is 0 Å². The first-order valence-electron chi connectivity index (χ1n) is 6.11. The molecule has 0 spiro atoms. The van der Waals surface area contributed by atoms with Crippen LogP contribution < -0.4 is 5.32 Å². The van der Waals surface area contributed by atoms with Gasteiger partial charge in [0.25, 0.3) is 11.7 Å². The monoisotopic (exact) mass is 252 g/mol. The number of fused-ring (bicyclic) bond motifs is 1. The molecule has 0 radical (unpaired) electrons. The number of carbonyl (C=O) groups is 2. The summed E-state index contributed by atoms with van der Waals surface area (Å²) in [5, 5.41) is 2.54. The molecule has 1 aromatic carbocycles. The van der Waals surface area contributed by atoms with Gasteiger partial charge in [-0.05, 0) is 17.5 Å². The number of rotatable bonds is 2. The summed E-state index contributed by atoms with van der Waals surface area (Å²) in [6.07, 6.45) is 6.51. The standard InChI is InChI=1S/C15H12N2O2/c18-14(15(19)17-13-6-3-9-16-13)12-8-7-10-4-1-2-5-11(10)12/h1-5,8-9H,6-7H2,(H,16,17,19). The summed E-state index contributed by atoms with van der Waals surface area (Å²) < 4.78 is 0. The van der Waals surface area contributed by atoms with E-state index in [-0.39, 0.29) is 0 Å². The first kappa shape index (κ1) is 11.6. The Balaban J connectivity index is 1.76. The summed E-state index contributed by atoms with van der Waals surface area (Å²) in [6.45, 7) is 0. The summed E-state index contributed by atoms with van der Waals surface area (Å²) in [5.41, 5.74) is 2.42. The van der Waals surface area contributed by atoms with E-state index < -0.39 is 11.7 Å². The molecular weight excluding hydrogens is 240 g/mol. The van der Waals surface area contributed by atoms with Crippen molar-refractivity contribution in [2.45, 2.75) is 12.8 Å². The van der Waals surface area contributed by atoms with Gasteiger partial charge in [-0.25, -0.2) is 4.99 Å². The second kappa shape index (κ2) is 4.65. The molecule has 1 amide bonds. The van der Waals surface area contributed by atoms with Crippen molar-refractivity contribution < 1.29 is 9.59 Å². The molecule has 0 bridgehead atoms. The topological polar surface area (TPSA) is 58.5 Å². The zero-order valence-electron chi connectivity index (χ0n) is 10.2. The van der Waals surface area contributed by atoms with Crippen molar-refractivity contribution in [3.05, 3.63) is 53.7 Å². The molecule has 1 aromatic rings. The molecule has 0 fully saturated rings. The van der Waals surface area contributed by atoms with Crippen LogP contribution in [0.2, 0.25) is 0 Å². The van der Waals surface area contributed by atoms with Crippen LogP contribution in [-0.4, -0.2) is 17.5 Å². The van der Waals surface area contributed by atoms with Crippen molar-refractivity contribution in [1.82, 2.24) is 5.32 Å². The van der Waals surface area contributed by atoms with E-state index in [0.29, 0.717) is 24.3 Å². The minimum atomic E-state index is -0.620. The fraction of sp³-hybridized carbons (Fsp3) is 0.133. The van der Waals surface area contributed by atoms with Gasteiger partial charge in [0.2, 0.25) is 0 Å². The van der Waals surface area contributed by atoms with Gasteiger partial charge in [-0.3, -0.25) is 9.59 Å². The number of hydrogen-bond donors (Lipinski definition) is 1. The molecule has 94 valence electrons. The number of aliphatic imine (C=N–C) groups is 1. The van der Waals surface area contributed by atoms with Crippen LogP contribution in [-0.2, 0) is 16.0 Å². The number of amides is 1. The van der Waals surface area contributed by atoms with Gasteiger partial charge in [0.15, 0.2) is 0 Å². The lowest BCUT2D eigenvalue weighted by Crippen LogP contribution is -2.35. The van der Waals surface area contributed by atoms with Gasteiger partial charge in [0.05, 0.1) is 0 Å². The second-order valence-electron chi connectivity index (χ2n) is 4.43.